The molecule has 1 fully saturated rings. The molecule has 0 unspecified atom stereocenters. The van der Waals surface area contributed by atoms with Gasteiger partial charge >= 0.3 is 0 Å². The van der Waals surface area contributed by atoms with Gasteiger partial charge < -0.3 is 24.6 Å². The summed E-state index contributed by atoms with van der Waals surface area (Å²) in [5.41, 5.74) is 2.08. The largest absolute Gasteiger partial charge is 0.497 e. The van der Waals surface area contributed by atoms with Crippen LogP contribution in [0.15, 0.2) is 42.5 Å². The van der Waals surface area contributed by atoms with Crippen molar-refractivity contribution in [3.63, 3.8) is 0 Å². The lowest BCUT2D eigenvalue weighted by atomic mass is 10.0. The fourth-order valence-electron chi connectivity index (χ4n) is 4.21. The van der Waals surface area contributed by atoms with Gasteiger partial charge in [-0.3, -0.25) is 4.90 Å². The van der Waals surface area contributed by atoms with Gasteiger partial charge in [0, 0.05) is 43.6 Å². The van der Waals surface area contributed by atoms with Gasteiger partial charge in [-0.1, -0.05) is 12.1 Å². The molecule has 10 heteroatoms. The predicted molar refractivity (Wildman–Crippen MR) is 142 cm³/mol. The number of halogens is 2. The van der Waals surface area contributed by atoms with E-state index < -0.39 is 0 Å². The van der Waals surface area contributed by atoms with Crippen molar-refractivity contribution in [3.8, 4) is 11.5 Å². The summed E-state index contributed by atoms with van der Waals surface area (Å²) >= 11 is 0. The Hall–Kier alpha value is -2.36. The normalized spacial score (nSPS) is 14.1. The highest BCUT2D eigenvalue weighted by atomic mass is 35.5. The van der Waals surface area contributed by atoms with Gasteiger partial charge in [-0.05, 0) is 48.7 Å². The fraction of sp³-hybridized carbons (Fsp3) is 0.440. The van der Waals surface area contributed by atoms with E-state index in [0.29, 0.717) is 19.3 Å². The summed E-state index contributed by atoms with van der Waals surface area (Å²) in [6.07, 6.45) is 2.06. The number of rotatable bonds is 10. The standard InChI is InChI=1S/C25H32N4O4.2ClH/c1-31-17-24-22-8-7-21(32-2)15-23(22)25(28-27-24)26-19-9-11-29(12-10-19)16-18-3-5-20(6-4-18)33-14-13-30;;/h3-8,15,19,30H,9-14,16-17H2,1-2H3,(H,26,28);2*1H. The minimum absolute atomic E-state index is 0. The van der Waals surface area contributed by atoms with Crippen LogP contribution in [0, 0.1) is 0 Å². The lowest BCUT2D eigenvalue weighted by Gasteiger charge is -2.32. The van der Waals surface area contributed by atoms with Crippen LogP contribution in [0.3, 0.4) is 0 Å². The number of benzene rings is 2. The van der Waals surface area contributed by atoms with E-state index in [1.807, 2.05) is 30.3 Å². The number of hydrogen-bond donors (Lipinski definition) is 2. The maximum absolute atomic E-state index is 8.87. The second-order valence-electron chi connectivity index (χ2n) is 8.25. The third kappa shape index (κ3) is 7.56. The van der Waals surface area contributed by atoms with Crippen molar-refractivity contribution in [2.75, 3.05) is 45.8 Å². The molecule has 0 amide bonds. The molecule has 3 aromatic rings. The topological polar surface area (TPSA) is 89.0 Å². The number of piperidine rings is 1. The molecule has 0 bridgehead atoms. The number of anilines is 1. The molecule has 192 valence electrons. The van der Waals surface area contributed by atoms with E-state index in [1.54, 1.807) is 14.2 Å². The Kier molecular flexibility index (Phi) is 11.8. The Labute approximate surface area is 218 Å². The minimum Gasteiger partial charge on any atom is -0.497 e. The molecule has 1 saturated heterocycles. The van der Waals surface area contributed by atoms with Crippen molar-refractivity contribution in [2.45, 2.75) is 32.0 Å². The number of hydrogen-bond acceptors (Lipinski definition) is 8. The van der Waals surface area contributed by atoms with Crippen LogP contribution >= 0.6 is 24.8 Å². The SMILES string of the molecule is COCc1nnc(NC2CCN(Cc3ccc(OCCO)cc3)CC2)c2cc(OC)ccc12.Cl.Cl. The first-order valence-electron chi connectivity index (χ1n) is 11.3. The van der Waals surface area contributed by atoms with E-state index in [4.69, 9.17) is 19.3 Å². The van der Waals surface area contributed by atoms with Crippen LogP contribution in [-0.4, -0.2) is 66.8 Å². The van der Waals surface area contributed by atoms with Crippen LogP contribution in [0.4, 0.5) is 5.82 Å². The number of methoxy groups -OCH3 is 2. The van der Waals surface area contributed by atoms with Crippen LogP contribution in [0.25, 0.3) is 10.8 Å². The molecule has 35 heavy (non-hydrogen) atoms. The second-order valence-corrected chi connectivity index (χ2v) is 8.25. The van der Waals surface area contributed by atoms with E-state index >= 15 is 0 Å². The van der Waals surface area contributed by atoms with Crippen LogP contribution in [0.5, 0.6) is 11.5 Å². The quantitative estimate of drug-likeness (QED) is 0.410. The lowest BCUT2D eigenvalue weighted by Crippen LogP contribution is -2.38. The summed E-state index contributed by atoms with van der Waals surface area (Å²) in [7, 11) is 3.33. The van der Waals surface area contributed by atoms with Gasteiger partial charge in [0.1, 0.15) is 18.1 Å². The maximum atomic E-state index is 8.87. The smallest absolute Gasteiger partial charge is 0.156 e. The Bertz CT molecular complexity index is 1050. The average molecular weight is 525 g/mol. The molecule has 0 aliphatic carbocycles. The lowest BCUT2D eigenvalue weighted by molar-refractivity contribution is 0.182. The summed E-state index contributed by atoms with van der Waals surface area (Å²) in [5.74, 6) is 2.38. The van der Waals surface area contributed by atoms with Crippen molar-refractivity contribution >= 4 is 41.4 Å². The molecule has 0 radical (unpaired) electrons. The van der Waals surface area contributed by atoms with Crippen LogP contribution in [0.1, 0.15) is 24.1 Å². The van der Waals surface area contributed by atoms with Crippen LogP contribution in [-0.2, 0) is 17.9 Å². The molecule has 2 aromatic carbocycles. The highest BCUT2D eigenvalue weighted by molar-refractivity contribution is 5.94. The van der Waals surface area contributed by atoms with Crippen molar-refractivity contribution < 1.29 is 19.3 Å². The van der Waals surface area contributed by atoms with Gasteiger partial charge in [-0.25, -0.2) is 0 Å². The van der Waals surface area contributed by atoms with E-state index in [9.17, 15) is 0 Å². The fourth-order valence-corrected chi connectivity index (χ4v) is 4.21. The number of aromatic nitrogens is 2. The molecule has 1 aliphatic rings. The molecule has 2 heterocycles. The zero-order valence-electron chi connectivity index (χ0n) is 20.1. The van der Waals surface area contributed by atoms with Crippen molar-refractivity contribution in [1.82, 2.24) is 15.1 Å². The summed E-state index contributed by atoms with van der Waals surface area (Å²) in [4.78, 5) is 2.47. The minimum atomic E-state index is 0. The molecule has 1 aromatic heterocycles. The van der Waals surface area contributed by atoms with Gasteiger partial charge in [0.25, 0.3) is 0 Å². The van der Waals surface area contributed by atoms with Crippen molar-refractivity contribution in [2.24, 2.45) is 0 Å². The summed E-state index contributed by atoms with van der Waals surface area (Å²) < 4.78 is 16.2. The molecule has 0 saturated carbocycles. The maximum Gasteiger partial charge on any atom is 0.156 e. The van der Waals surface area contributed by atoms with E-state index in [1.165, 1.54) is 5.56 Å². The Morgan fingerprint density at radius 1 is 0.971 bits per heavy atom. The molecule has 2 N–H and O–H groups in total. The molecular formula is C25H34Cl2N4O4. The second kappa shape index (κ2) is 14.3. The molecule has 4 rings (SSSR count). The molecule has 1 aliphatic heterocycles. The number of aliphatic hydroxyl groups excluding tert-OH is 1. The number of nitrogens with zero attached hydrogens (tertiary/aromatic N) is 3. The third-order valence-corrected chi connectivity index (χ3v) is 5.96. The highest BCUT2D eigenvalue weighted by Crippen LogP contribution is 2.29. The molecule has 0 atom stereocenters. The number of ether oxygens (including phenoxy) is 3. The first kappa shape index (κ1) is 28.9. The molecule has 8 nitrogen and oxygen atoms in total. The van der Waals surface area contributed by atoms with Crippen molar-refractivity contribution in [1.29, 1.82) is 0 Å². The first-order valence-corrected chi connectivity index (χ1v) is 11.3. The van der Waals surface area contributed by atoms with Gasteiger partial charge in [0.2, 0.25) is 0 Å². The van der Waals surface area contributed by atoms with Crippen LogP contribution < -0.4 is 14.8 Å². The molecule has 0 spiro atoms. The van der Waals surface area contributed by atoms with Gasteiger partial charge in [0.05, 0.1) is 26.0 Å². The zero-order valence-corrected chi connectivity index (χ0v) is 21.7. The van der Waals surface area contributed by atoms with E-state index in [0.717, 1.165) is 66.3 Å². The monoisotopic (exact) mass is 524 g/mol. The van der Waals surface area contributed by atoms with Crippen LogP contribution in [0.2, 0.25) is 0 Å². The number of likely N-dealkylation sites (tertiary alicyclic amines) is 1. The Morgan fingerprint density at radius 2 is 1.69 bits per heavy atom. The van der Waals surface area contributed by atoms with E-state index in [2.05, 4.69) is 32.5 Å². The molecular weight excluding hydrogens is 491 g/mol. The summed E-state index contributed by atoms with van der Waals surface area (Å²) in [5, 5.41) is 23.4. The summed E-state index contributed by atoms with van der Waals surface area (Å²) in [6.45, 7) is 3.70. The number of aliphatic hydroxyl groups is 1. The van der Waals surface area contributed by atoms with Gasteiger partial charge in [-0.15, -0.1) is 29.9 Å². The first-order chi connectivity index (χ1) is 16.2. The van der Waals surface area contributed by atoms with E-state index in [-0.39, 0.29) is 31.4 Å². The summed E-state index contributed by atoms with van der Waals surface area (Å²) in [6, 6.07) is 14.4. The van der Waals surface area contributed by atoms with Gasteiger partial charge in [-0.2, -0.15) is 5.10 Å². The third-order valence-electron chi connectivity index (χ3n) is 5.96. The van der Waals surface area contributed by atoms with Crippen molar-refractivity contribution in [3.05, 3.63) is 53.7 Å². The zero-order chi connectivity index (χ0) is 23.0. The average Bonchev–Trinajstić information content (AvgIpc) is 2.86. The van der Waals surface area contributed by atoms with Gasteiger partial charge in [0.15, 0.2) is 5.82 Å². The number of nitrogens with one attached hydrogen (secondary N) is 1. The highest BCUT2D eigenvalue weighted by Gasteiger charge is 2.21. The Morgan fingerprint density at radius 3 is 2.34 bits per heavy atom. The predicted octanol–water partition coefficient (Wildman–Crippen LogP) is 4.08. The Balaban J connectivity index is 0.00000216. The number of fused-ring (bicyclic) bond motifs is 1.